The van der Waals surface area contributed by atoms with E-state index in [0.717, 1.165) is 19.4 Å². The molecular formula is C18H29NO2. The Morgan fingerprint density at radius 2 is 1.95 bits per heavy atom. The summed E-state index contributed by atoms with van der Waals surface area (Å²) >= 11 is 0. The van der Waals surface area contributed by atoms with E-state index in [0.29, 0.717) is 19.3 Å². The predicted octanol–water partition coefficient (Wildman–Crippen LogP) is 3.48. The van der Waals surface area contributed by atoms with Gasteiger partial charge in [0.2, 0.25) is 0 Å². The lowest BCUT2D eigenvalue weighted by molar-refractivity contribution is -0.0615. The first-order valence-corrected chi connectivity index (χ1v) is 8.08. The molecular weight excluding hydrogens is 262 g/mol. The van der Waals surface area contributed by atoms with Crippen molar-refractivity contribution in [2.75, 3.05) is 19.8 Å². The summed E-state index contributed by atoms with van der Waals surface area (Å²) in [5.74, 6) is 0. The van der Waals surface area contributed by atoms with Crippen molar-refractivity contribution in [3.8, 4) is 0 Å². The van der Waals surface area contributed by atoms with Crippen molar-refractivity contribution in [1.82, 2.24) is 5.32 Å². The fraction of sp³-hybridized carbons (Fsp3) is 0.667. The van der Waals surface area contributed by atoms with Gasteiger partial charge in [-0.05, 0) is 51.3 Å². The first-order chi connectivity index (χ1) is 10.0. The standard InChI is InChI=1S/C18H29NO2/c1-5-19-17-15-9-7-6-8-14(15)10-11-16(17)20-12-13-21-18(2,3)4/h6-9,16-17,19H,5,10-13H2,1-4H3. The van der Waals surface area contributed by atoms with Crippen molar-refractivity contribution in [2.24, 2.45) is 0 Å². The van der Waals surface area contributed by atoms with Crippen LogP contribution in [0.4, 0.5) is 0 Å². The molecule has 0 heterocycles. The Morgan fingerprint density at radius 1 is 1.19 bits per heavy atom. The molecule has 21 heavy (non-hydrogen) atoms. The van der Waals surface area contributed by atoms with E-state index in [1.54, 1.807) is 0 Å². The van der Waals surface area contributed by atoms with E-state index in [9.17, 15) is 0 Å². The minimum Gasteiger partial charge on any atom is -0.374 e. The molecule has 1 N–H and O–H groups in total. The molecule has 3 heteroatoms. The van der Waals surface area contributed by atoms with Gasteiger partial charge in [-0.3, -0.25) is 0 Å². The van der Waals surface area contributed by atoms with E-state index in [1.165, 1.54) is 11.1 Å². The van der Waals surface area contributed by atoms with Gasteiger partial charge >= 0.3 is 0 Å². The Bertz CT molecular complexity index is 439. The number of fused-ring (bicyclic) bond motifs is 1. The Balaban J connectivity index is 1.93. The number of rotatable bonds is 6. The van der Waals surface area contributed by atoms with Gasteiger partial charge in [0.1, 0.15) is 0 Å². The highest BCUT2D eigenvalue weighted by molar-refractivity contribution is 5.33. The molecule has 2 atom stereocenters. The fourth-order valence-corrected chi connectivity index (χ4v) is 2.92. The topological polar surface area (TPSA) is 30.5 Å². The van der Waals surface area contributed by atoms with Crippen LogP contribution in [0.3, 0.4) is 0 Å². The summed E-state index contributed by atoms with van der Waals surface area (Å²) in [5, 5.41) is 3.58. The molecule has 0 radical (unpaired) electrons. The molecule has 118 valence electrons. The monoisotopic (exact) mass is 291 g/mol. The second-order valence-corrected chi connectivity index (χ2v) is 6.64. The molecule has 0 aliphatic heterocycles. The summed E-state index contributed by atoms with van der Waals surface area (Å²) in [5.41, 5.74) is 2.76. The average Bonchev–Trinajstić information content (AvgIpc) is 2.44. The van der Waals surface area contributed by atoms with Crippen LogP contribution in [-0.2, 0) is 15.9 Å². The van der Waals surface area contributed by atoms with Crippen LogP contribution in [0.1, 0.15) is 51.3 Å². The van der Waals surface area contributed by atoms with Gasteiger partial charge in [-0.2, -0.15) is 0 Å². The molecule has 0 amide bonds. The number of benzene rings is 1. The van der Waals surface area contributed by atoms with Crippen LogP contribution in [0.5, 0.6) is 0 Å². The van der Waals surface area contributed by atoms with Gasteiger partial charge in [-0.1, -0.05) is 31.2 Å². The first-order valence-electron chi connectivity index (χ1n) is 8.08. The molecule has 0 spiro atoms. The number of ether oxygens (including phenoxy) is 2. The van der Waals surface area contributed by atoms with Gasteiger partial charge < -0.3 is 14.8 Å². The maximum absolute atomic E-state index is 6.11. The third-order valence-corrected chi connectivity index (χ3v) is 3.83. The maximum atomic E-state index is 6.11. The molecule has 0 saturated carbocycles. The first kappa shape index (κ1) is 16.5. The zero-order valence-electron chi connectivity index (χ0n) is 13.8. The zero-order valence-corrected chi connectivity index (χ0v) is 13.8. The summed E-state index contributed by atoms with van der Waals surface area (Å²) < 4.78 is 11.9. The summed E-state index contributed by atoms with van der Waals surface area (Å²) in [7, 11) is 0. The second kappa shape index (κ2) is 7.39. The number of nitrogens with one attached hydrogen (secondary N) is 1. The van der Waals surface area contributed by atoms with Crippen LogP contribution >= 0.6 is 0 Å². The van der Waals surface area contributed by atoms with Crippen LogP contribution in [0.2, 0.25) is 0 Å². The van der Waals surface area contributed by atoms with E-state index in [1.807, 2.05) is 0 Å². The smallest absolute Gasteiger partial charge is 0.0774 e. The highest BCUT2D eigenvalue weighted by Crippen LogP contribution is 2.31. The SMILES string of the molecule is CCNC1c2ccccc2CCC1OCCOC(C)(C)C. The molecule has 3 nitrogen and oxygen atoms in total. The van der Waals surface area contributed by atoms with E-state index in [-0.39, 0.29) is 11.7 Å². The van der Waals surface area contributed by atoms with Crippen LogP contribution in [0, 0.1) is 0 Å². The van der Waals surface area contributed by atoms with E-state index >= 15 is 0 Å². The molecule has 2 unspecified atom stereocenters. The molecule has 0 fully saturated rings. The molecule has 1 aliphatic carbocycles. The Labute approximate surface area is 129 Å². The number of hydrogen-bond donors (Lipinski definition) is 1. The van der Waals surface area contributed by atoms with E-state index < -0.39 is 0 Å². The van der Waals surface area contributed by atoms with Crippen LogP contribution in [0.25, 0.3) is 0 Å². The lowest BCUT2D eigenvalue weighted by Crippen LogP contribution is -2.38. The Hall–Kier alpha value is -0.900. The number of likely N-dealkylation sites (N-methyl/N-ethyl adjacent to an activating group) is 1. The zero-order chi connectivity index (χ0) is 15.3. The highest BCUT2D eigenvalue weighted by Gasteiger charge is 2.29. The average molecular weight is 291 g/mol. The molecule has 0 aromatic heterocycles. The van der Waals surface area contributed by atoms with Crippen LogP contribution in [0.15, 0.2) is 24.3 Å². The highest BCUT2D eigenvalue weighted by atomic mass is 16.5. The van der Waals surface area contributed by atoms with E-state index in [2.05, 4.69) is 57.3 Å². The van der Waals surface area contributed by atoms with Gasteiger partial charge in [0.15, 0.2) is 0 Å². The third-order valence-electron chi connectivity index (χ3n) is 3.83. The molecule has 1 aromatic carbocycles. The van der Waals surface area contributed by atoms with E-state index in [4.69, 9.17) is 9.47 Å². The van der Waals surface area contributed by atoms with Crippen molar-refractivity contribution < 1.29 is 9.47 Å². The van der Waals surface area contributed by atoms with Gasteiger partial charge in [0.05, 0.1) is 31.0 Å². The van der Waals surface area contributed by atoms with Gasteiger partial charge in [-0.15, -0.1) is 0 Å². The summed E-state index contributed by atoms with van der Waals surface area (Å²) in [4.78, 5) is 0. The molecule has 1 aromatic rings. The lowest BCUT2D eigenvalue weighted by Gasteiger charge is -2.34. The van der Waals surface area contributed by atoms with Crippen molar-refractivity contribution in [3.63, 3.8) is 0 Å². The van der Waals surface area contributed by atoms with Crippen LogP contribution < -0.4 is 5.32 Å². The Kier molecular flexibility index (Phi) is 5.80. The quantitative estimate of drug-likeness (QED) is 0.814. The minimum absolute atomic E-state index is 0.0937. The largest absolute Gasteiger partial charge is 0.374 e. The van der Waals surface area contributed by atoms with Gasteiger partial charge in [-0.25, -0.2) is 0 Å². The normalized spacial score (nSPS) is 22.1. The summed E-state index contributed by atoms with van der Waals surface area (Å²) in [6.45, 7) is 10.6. The van der Waals surface area contributed by atoms with Crippen molar-refractivity contribution >= 4 is 0 Å². The number of aryl methyl sites for hydroxylation is 1. The lowest BCUT2D eigenvalue weighted by atomic mass is 9.85. The maximum Gasteiger partial charge on any atom is 0.0774 e. The van der Waals surface area contributed by atoms with Crippen molar-refractivity contribution in [2.45, 2.75) is 58.3 Å². The summed E-state index contributed by atoms with van der Waals surface area (Å²) in [6, 6.07) is 9.01. The molecule has 2 rings (SSSR count). The molecule has 1 aliphatic rings. The third kappa shape index (κ3) is 4.80. The number of hydrogen-bond acceptors (Lipinski definition) is 3. The minimum atomic E-state index is -0.0937. The van der Waals surface area contributed by atoms with Gasteiger partial charge in [0.25, 0.3) is 0 Å². The molecule has 0 bridgehead atoms. The molecule has 0 saturated heterocycles. The van der Waals surface area contributed by atoms with Crippen molar-refractivity contribution in [3.05, 3.63) is 35.4 Å². The second-order valence-electron chi connectivity index (χ2n) is 6.64. The predicted molar refractivity (Wildman–Crippen MR) is 86.6 cm³/mol. The fourth-order valence-electron chi connectivity index (χ4n) is 2.92. The van der Waals surface area contributed by atoms with Gasteiger partial charge in [0, 0.05) is 0 Å². The summed E-state index contributed by atoms with van der Waals surface area (Å²) in [6.07, 6.45) is 2.41. The van der Waals surface area contributed by atoms with Crippen LogP contribution in [-0.4, -0.2) is 31.5 Å². The Morgan fingerprint density at radius 3 is 2.67 bits per heavy atom. The van der Waals surface area contributed by atoms with Crippen molar-refractivity contribution in [1.29, 1.82) is 0 Å².